The van der Waals surface area contributed by atoms with Crippen LogP contribution < -0.4 is 5.32 Å². The average molecular weight is 442 g/mol. The molecule has 0 aliphatic heterocycles. The lowest BCUT2D eigenvalue weighted by Gasteiger charge is -2.26. The number of nitrogens with one attached hydrogen (secondary N) is 1. The van der Waals surface area contributed by atoms with Crippen molar-refractivity contribution < 1.29 is 28.6 Å². The van der Waals surface area contributed by atoms with Crippen LogP contribution in [0.5, 0.6) is 0 Å². The van der Waals surface area contributed by atoms with Crippen LogP contribution in [-0.4, -0.2) is 43.9 Å². The number of hydrogen-bond donors (Lipinski definition) is 1. The molecule has 0 saturated carbocycles. The predicted octanol–water partition coefficient (Wildman–Crippen LogP) is 4.65. The molecule has 0 saturated heterocycles. The van der Waals surface area contributed by atoms with Crippen LogP contribution in [0, 0.1) is 5.92 Å². The second-order valence-corrected chi connectivity index (χ2v) is 7.36. The van der Waals surface area contributed by atoms with Crippen LogP contribution in [0.3, 0.4) is 0 Å². The maximum atomic E-state index is 12.6. The van der Waals surface area contributed by atoms with Gasteiger partial charge in [-0.2, -0.15) is 0 Å². The summed E-state index contributed by atoms with van der Waals surface area (Å²) in [7, 11) is 0. The Bertz CT molecular complexity index is 926. The van der Waals surface area contributed by atoms with Crippen LogP contribution in [0.15, 0.2) is 55.1 Å². The van der Waals surface area contributed by atoms with E-state index in [0.29, 0.717) is 18.4 Å². The average Bonchev–Trinajstić information content (AvgIpc) is 2.81. The Labute approximate surface area is 188 Å². The number of hydrogen-bond acceptors (Lipinski definition) is 6. The van der Waals surface area contributed by atoms with Gasteiger partial charge in [0.05, 0.1) is 18.7 Å². The van der Waals surface area contributed by atoms with Crippen LogP contribution in [0.2, 0.25) is 0 Å². The van der Waals surface area contributed by atoms with Gasteiger partial charge in [0, 0.05) is 12.0 Å². The quantitative estimate of drug-likeness (QED) is 0.223. The molecule has 0 bridgehead atoms. The van der Waals surface area contributed by atoms with Crippen LogP contribution >= 0.6 is 0 Å². The molecule has 0 spiro atoms. The zero-order valence-corrected chi connectivity index (χ0v) is 18.7. The highest BCUT2D eigenvalue weighted by molar-refractivity contribution is 5.95. The predicted molar refractivity (Wildman–Crippen MR) is 122 cm³/mol. The number of carbonyl (C=O) groups is 3. The van der Waals surface area contributed by atoms with Gasteiger partial charge in [0.1, 0.15) is 12.7 Å². The molecular weight excluding hydrogens is 410 g/mol. The Kier molecular flexibility index (Phi) is 10.2. The van der Waals surface area contributed by atoms with Gasteiger partial charge in [-0.1, -0.05) is 57.2 Å². The Morgan fingerprint density at radius 1 is 1.06 bits per heavy atom. The van der Waals surface area contributed by atoms with Crippen molar-refractivity contribution in [1.82, 2.24) is 5.32 Å². The number of amides is 1. The fourth-order valence-electron chi connectivity index (χ4n) is 3.29. The molecule has 1 amide bonds. The summed E-state index contributed by atoms with van der Waals surface area (Å²) in [5, 5.41) is 4.58. The SMILES string of the molecule is C=CC(=O)OCCNC(=O)OC(CCC)C(CC)COC(=O)c1ccc2ccccc2c1. The summed E-state index contributed by atoms with van der Waals surface area (Å²) in [6.45, 7) is 7.57. The lowest BCUT2D eigenvalue weighted by molar-refractivity contribution is -0.137. The zero-order chi connectivity index (χ0) is 23.3. The molecule has 2 aromatic carbocycles. The molecule has 0 radical (unpaired) electrons. The molecule has 7 heteroatoms. The number of fused-ring (bicyclic) bond motifs is 1. The van der Waals surface area contributed by atoms with Crippen LogP contribution in [0.4, 0.5) is 4.79 Å². The van der Waals surface area contributed by atoms with E-state index in [1.807, 2.05) is 50.2 Å². The van der Waals surface area contributed by atoms with Gasteiger partial charge in [-0.3, -0.25) is 0 Å². The van der Waals surface area contributed by atoms with E-state index in [0.717, 1.165) is 23.3 Å². The number of esters is 2. The van der Waals surface area contributed by atoms with Crippen molar-refractivity contribution in [3.8, 4) is 0 Å². The van der Waals surface area contributed by atoms with E-state index in [1.54, 1.807) is 6.07 Å². The van der Waals surface area contributed by atoms with Gasteiger partial charge >= 0.3 is 18.0 Å². The summed E-state index contributed by atoms with van der Waals surface area (Å²) in [4.78, 5) is 35.7. The number of alkyl carbamates (subject to hydrolysis) is 1. The molecule has 172 valence electrons. The highest BCUT2D eigenvalue weighted by atomic mass is 16.6. The largest absolute Gasteiger partial charge is 0.462 e. The fourth-order valence-corrected chi connectivity index (χ4v) is 3.29. The maximum absolute atomic E-state index is 12.6. The zero-order valence-electron chi connectivity index (χ0n) is 18.7. The second kappa shape index (κ2) is 13.1. The van der Waals surface area contributed by atoms with Crippen molar-refractivity contribution in [3.05, 3.63) is 60.7 Å². The van der Waals surface area contributed by atoms with E-state index in [4.69, 9.17) is 14.2 Å². The third-order valence-electron chi connectivity index (χ3n) is 5.08. The Morgan fingerprint density at radius 2 is 1.81 bits per heavy atom. The molecule has 2 unspecified atom stereocenters. The monoisotopic (exact) mass is 441 g/mol. The molecule has 0 aromatic heterocycles. The van der Waals surface area contributed by atoms with Gasteiger partial charge < -0.3 is 19.5 Å². The first kappa shape index (κ1) is 24.9. The summed E-state index contributed by atoms with van der Waals surface area (Å²) < 4.78 is 15.9. The topological polar surface area (TPSA) is 90.9 Å². The summed E-state index contributed by atoms with van der Waals surface area (Å²) in [6, 6.07) is 13.3. The molecule has 32 heavy (non-hydrogen) atoms. The van der Waals surface area contributed by atoms with Gasteiger partial charge in [0.25, 0.3) is 0 Å². The minimum Gasteiger partial charge on any atom is -0.462 e. The number of carbonyl (C=O) groups excluding carboxylic acids is 3. The molecule has 2 rings (SSSR count). The summed E-state index contributed by atoms with van der Waals surface area (Å²) in [5.41, 5.74) is 0.485. The normalized spacial score (nSPS) is 12.4. The van der Waals surface area contributed by atoms with Gasteiger partial charge in [-0.25, -0.2) is 14.4 Å². The first-order valence-corrected chi connectivity index (χ1v) is 10.9. The van der Waals surface area contributed by atoms with E-state index in [9.17, 15) is 14.4 Å². The number of ether oxygens (including phenoxy) is 3. The molecule has 7 nitrogen and oxygen atoms in total. The van der Waals surface area contributed by atoms with Crippen molar-refractivity contribution >= 4 is 28.8 Å². The summed E-state index contributed by atoms with van der Waals surface area (Å²) >= 11 is 0. The molecule has 1 N–H and O–H groups in total. The summed E-state index contributed by atoms with van der Waals surface area (Å²) in [6.07, 6.45) is 2.19. The van der Waals surface area contributed by atoms with E-state index >= 15 is 0 Å². The first-order chi connectivity index (χ1) is 15.5. The van der Waals surface area contributed by atoms with Gasteiger partial charge in [-0.15, -0.1) is 0 Å². The summed E-state index contributed by atoms with van der Waals surface area (Å²) in [5.74, 6) is -1.09. The molecule has 2 atom stereocenters. The van der Waals surface area contributed by atoms with Crippen molar-refractivity contribution in [2.24, 2.45) is 5.92 Å². The lowest BCUT2D eigenvalue weighted by atomic mass is 9.96. The molecule has 0 fully saturated rings. The first-order valence-electron chi connectivity index (χ1n) is 10.9. The van der Waals surface area contributed by atoms with Gasteiger partial charge in [-0.05, 0) is 35.7 Å². The van der Waals surface area contributed by atoms with Crippen LogP contribution in [0.1, 0.15) is 43.5 Å². The van der Waals surface area contributed by atoms with Gasteiger partial charge in [0.2, 0.25) is 0 Å². The third kappa shape index (κ3) is 7.72. The van der Waals surface area contributed by atoms with Crippen molar-refractivity contribution in [2.45, 2.75) is 39.2 Å². The Hall–Kier alpha value is -3.35. The Morgan fingerprint density at radius 3 is 2.50 bits per heavy atom. The van der Waals surface area contributed by atoms with E-state index in [-0.39, 0.29) is 25.7 Å². The Balaban J connectivity index is 1.89. The van der Waals surface area contributed by atoms with Crippen molar-refractivity contribution in [2.75, 3.05) is 19.8 Å². The molecule has 0 heterocycles. The second-order valence-electron chi connectivity index (χ2n) is 7.36. The smallest absolute Gasteiger partial charge is 0.407 e. The van der Waals surface area contributed by atoms with Crippen molar-refractivity contribution in [3.63, 3.8) is 0 Å². The molecule has 0 aliphatic rings. The highest BCUT2D eigenvalue weighted by Crippen LogP contribution is 2.20. The van der Waals surface area contributed by atoms with E-state index in [2.05, 4.69) is 11.9 Å². The van der Waals surface area contributed by atoms with E-state index in [1.165, 1.54) is 0 Å². The lowest BCUT2D eigenvalue weighted by Crippen LogP contribution is -2.36. The fraction of sp³-hybridized carbons (Fsp3) is 0.400. The highest BCUT2D eigenvalue weighted by Gasteiger charge is 2.25. The number of benzene rings is 2. The molecular formula is C25H31NO6. The minimum absolute atomic E-state index is 0.0268. The maximum Gasteiger partial charge on any atom is 0.407 e. The molecule has 0 aliphatic carbocycles. The third-order valence-corrected chi connectivity index (χ3v) is 5.08. The van der Waals surface area contributed by atoms with Gasteiger partial charge in [0.15, 0.2) is 0 Å². The van der Waals surface area contributed by atoms with Crippen LogP contribution in [-0.2, 0) is 19.0 Å². The van der Waals surface area contributed by atoms with E-state index < -0.39 is 24.1 Å². The number of rotatable bonds is 12. The standard InChI is InChI=1S/C25H31NO6/c1-4-9-22(32-25(29)26-14-15-30-23(27)6-3)18(5-2)17-31-24(28)21-13-12-19-10-7-8-11-20(19)16-21/h6-8,10-13,16,18,22H,3-5,9,14-15,17H2,1-2H3,(H,26,29). The van der Waals surface area contributed by atoms with Crippen molar-refractivity contribution in [1.29, 1.82) is 0 Å². The molecule has 2 aromatic rings. The minimum atomic E-state index is -0.600. The van der Waals surface area contributed by atoms with Crippen LogP contribution in [0.25, 0.3) is 10.8 Å².